The Morgan fingerprint density at radius 3 is 2.92 bits per heavy atom. The zero-order valence-electron chi connectivity index (χ0n) is 14.7. The van der Waals surface area contributed by atoms with Gasteiger partial charge in [0.15, 0.2) is 5.82 Å². The Kier molecular flexibility index (Phi) is 4.90. The molecule has 25 heavy (non-hydrogen) atoms. The van der Waals surface area contributed by atoms with E-state index in [1.165, 1.54) is 18.4 Å². The second kappa shape index (κ2) is 7.45. The fraction of sp³-hybridized carbons (Fsp3) is 0.526. The Labute approximate surface area is 148 Å². The van der Waals surface area contributed by atoms with Crippen molar-refractivity contribution < 1.29 is 4.74 Å². The minimum atomic E-state index is 0.457. The first-order valence-corrected chi connectivity index (χ1v) is 9.15. The average molecular weight is 339 g/mol. The predicted molar refractivity (Wildman–Crippen MR) is 97.3 cm³/mol. The van der Waals surface area contributed by atoms with Crippen LogP contribution in [0.25, 0.3) is 11.4 Å². The van der Waals surface area contributed by atoms with Crippen molar-refractivity contribution in [2.24, 2.45) is 0 Å². The molecule has 1 saturated heterocycles. The number of rotatable bonds is 6. The van der Waals surface area contributed by atoms with E-state index in [-0.39, 0.29) is 0 Å². The Morgan fingerprint density at radius 2 is 2.12 bits per heavy atom. The van der Waals surface area contributed by atoms with Crippen LogP contribution in [-0.2, 0) is 17.8 Å². The van der Waals surface area contributed by atoms with Crippen LogP contribution >= 0.6 is 0 Å². The van der Waals surface area contributed by atoms with Crippen LogP contribution in [-0.4, -0.2) is 41.3 Å². The molecule has 132 valence electrons. The number of nitrogens with zero attached hydrogens (tertiary/aromatic N) is 4. The van der Waals surface area contributed by atoms with Gasteiger partial charge in [-0.2, -0.15) is 0 Å². The summed E-state index contributed by atoms with van der Waals surface area (Å²) in [7, 11) is 2.13. The summed E-state index contributed by atoms with van der Waals surface area (Å²) in [6.07, 6.45) is 8.71. The number of fused-ring (bicyclic) bond motifs is 1. The van der Waals surface area contributed by atoms with Crippen molar-refractivity contribution in [2.75, 3.05) is 25.1 Å². The Bertz CT molecular complexity index is 715. The molecular weight excluding hydrogens is 314 g/mol. The van der Waals surface area contributed by atoms with Crippen LogP contribution in [0.4, 0.5) is 5.82 Å². The van der Waals surface area contributed by atoms with Gasteiger partial charge in [-0.15, -0.1) is 0 Å². The van der Waals surface area contributed by atoms with Crippen molar-refractivity contribution in [1.82, 2.24) is 20.3 Å². The third-order valence-corrected chi connectivity index (χ3v) is 5.01. The normalized spacial score (nSPS) is 19.2. The molecule has 0 bridgehead atoms. The summed E-state index contributed by atoms with van der Waals surface area (Å²) in [4.78, 5) is 16.0. The number of anilines is 1. The van der Waals surface area contributed by atoms with Gasteiger partial charge >= 0.3 is 0 Å². The van der Waals surface area contributed by atoms with Gasteiger partial charge in [-0.25, -0.2) is 9.97 Å². The number of ether oxygens (including phenoxy) is 1. The minimum Gasteiger partial charge on any atom is -0.378 e. The first kappa shape index (κ1) is 16.4. The lowest BCUT2D eigenvalue weighted by Gasteiger charge is -2.22. The number of aromatic nitrogens is 3. The highest BCUT2D eigenvalue weighted by atomic mass is 16.5. The van der Waals surface area contributed by atoms with Gasteiger partial charge < -0.3 is 15.0 Å². The van der Waals surface area contributed by atoms with E-state index in [2.05, 4.69) is 22.2 Å². The number of nitrogens with one attached hydrogen (secondary N) is 1. The highest BCUT2D eigenvalue weighted by Gasteiger charge is 2.22. The van der Waals surface area contributed by atoms with E-state index in [9.17, 15) is 0 Å². The van der Waals surface area contributed by atoms with Crippen LogP contribution < -0.4 is 10.2 Å². The summed E-state index contributed by atoms with van der Waals surface area (Å²) in [5.74, 6) is 1.83. The first-order chi connectivity index (χ1) is 12.3. The van der Waals surface area contributed by atoms with Gasteiger partial charge in [0.2, 0.25) is 0 Å². The molecule has 4 heterocycles. The van der Waals surface area contributed by atoms with Crippen molar-refractivity contribution in [3.05, 3.63) is 35.8 Å². The number of hydrogen-bond donors (Lipinski definition) is 1. The maximum atomic E-state index is 5.73. The standard InChI is InChI=1S/C19H25N5O/c1-24(10-2-4-15-5-3-11-25-15)19-16-12-21-13-17(16)22-18(23-19)14-6-8-20-9-7-14/h6-9,15,21H,2-5,10-13H2,1H3. The highest BCUT2D eigenvalue weighted by molar-refractivity contribution is 5.60. The summed E-state index contributed by atoms with van der Waals surface area (Å²) in [6.45, 7) is 3.57. The van der Waals surface area contributed by atoms with Gasteiger partial charge in [-0.05, 0) is 37.8 Å². The summed E-state index contributed by atoms with van der Waals surface area (Å²) < 4.78 is 5.73. The third-order valence-electron chi connectivity index (χ3n) is 5.01. The van der Waals surface area contributed by atoms with E-state index in [0.29, 0.717) is 6.10 Å². The van der Waals surface area contributed by atoms with Crippen molar-refractivity contribution in [3.8, 4) is 11.4 Å². The number of hydrogen-bond acceptors (Lipinski definition) is 6. The molecule has 1 fully saturated rings. The van der Waals surface area contributed by atoms with Gasteiger partial charge in [0.25, 0.3) is 0 Å². The lowest BCUT2D eigenvalue weighted by molar-refractivity contribution is 0.103. The molecule has 6 nitrogen and oxygen atoms in total. The fourth-order valence-electron chi connectivity index (χ4n) is 3.63. The zero-order chi connectivity index (χ0) is 17.1. The maximum absolute atomic E-state index is 5.73. The monoisotopic (exact) mass is 339 g/mol. The average Bonchev–Trinajstić information content (AvgIpc) is 3.33. The zero-order valence-corrected chi connectivity index (χ0v) is 14.7. The van der Waals surface area contributed by atoms with Crippen LogP contribution in [0.2, 0.25) is 0 Å². The largest absolute Gasteiger partial charge is 0.378 e. The van der Waals surface area contributed by atoms with Gasteiger partial charge in [-0.3, -0.25) is 4.98 Å². The number of pyridine rings is 1. The molecule has 0 saturated carbocycles. The van der Waals surface area contributed by atoms with Crippen LogP contribution in [0.15, 0.2) is 24.5 Å². The summed E-state index contributed by atoms with van der Waals surface area (Å²) in [5, 5.41) is 3.40. The highest BCUT2D eigenvalue weighted by Crippen LogP contribution is 2.28. The molecule has 1 unspecified atom stereocenters. The Morgan fingerprint density at radius 1 is 1.24 bits per heavy atom. The Balaban J connectivity index is 1.52. The molecule has 2 aliphatic heterocycles. The van der Waals surface area contributed by atoms with Gasteiger partial charge in [0.05, 0.1) is 11.8 Å². The summed E-state index contributed by atoms with van der Waals surface area (Å²) in [6, 6.07) is 3.93. The predicted octanol–water partition coefficient (Wildman–Crippen LogP) is 2.54. The molecule has 4 rings (SSSR count). The topological polar surface area (TPSA) is 63.2 Å². The SMILES string of the molecule is CN(CCCC1CCCO1)c1nc(-c2ccncc2)nc2c1CNC2. The maximum Gasteiger partial charge on any atom is 0.161 e. The second-order valence-electron chi connectivity index (χ2n) is 6.83. The van der Waals surface area contributed by atoms with Gasteiger partial charge in [0.1, 0.15) is 5.82 Å². The molecule has 2 aliphatic rings. The fourth-order valence-corrected chi connectivity index (χ4v) is 3.63. The van der Waals surface area contributed by atoms with E-state index < -0.39 is 0 Å². The van der Waals surface area contributed by atoms with Crippen molar-refractivity contribution in [1.29, 1.82) is 0 Å². The second-order valence-corrected chi connectivity index (χ2v) is 6.83. The van der Waals surface area contributed by atoms with Crippen LogP contribution in [0.3, 0.4) is 0 Å². The lowest BCUT2D eigenvalue weighted by Crippen LogP contribution is -2.23. The van der Waals surface area contributed by atoms with Crippen LogP contribution in [0, 0.1) is 0 Å². The third kappa shape index (κ3) is 3.65. The molecule has 0 radical (unpaired) electrons. The van der Waals surface area contributed by atoms with E-state index in [4.69, 9.17) is 14.7 Å². The molecule has 6 heteroatoms. The van der Waals surface area contributed by atoms with Crippen LogP contribution in [0.5, 0.6) is 0 Å². The van der Waals surface area contributed by atoms with E-state index in [0.717, 1.165) is 62.0 Å². The molecule has 0 aliphatic carbocycles. The summed E-state index contributed by atoms with van der Waals surface area (Å²) in [5.41, 5.74) is 3.36. The molecule has 1 atom stereocenters. The molecule has 0 spiro atoms. The lowest BCUT2D eigenvalue weighted by atomic mass is 10.1. The van der Waals surface area contributed by atoms with Crippen molar-refractivity contribution in [2.45, 2.75) is 44.9 Å². The smallest absolute Gasteiger partial charge is 0.161 e. The molecular formula is C19H25N5O. The quantitative estimate of drug-likeness (QED) is 0.873. The molecule has 0 amide bonds. The molecule has 0 aromatic carbocycles. The molecule has 1 N–H and O–H groups in total. The Hall–Kier alpha value is -2.05. The van der Waals surface area contributed by atoms with E-state index in [1.54, 1.807) is 12.4 Å². The molecule has 2 aromatic heterocycles. The van der Waals surface area contributed by atoms with Gasteiger partial charge in [0, 0.05) is 56.8 Å². The summed E-state index contributed by atoms with van der Waals surface area (Å²) >= 11 is 0. The first-order valence-electron chi connectivity index (χ1n) is 9.15. The molecule has 2 aromatic rings. The van der Waals surface area contributed by atoms with E-state index in [1.807, 2.05) is 12.1 Å². The van der Waals surface area contributed by atoms with Crippen molar-refractivity contribution in [3.63, 3.8) is 0 Å². The van der Waals surface area contributed by atoms with Gasteiger partial charge in [-0.1, -0.05) is 0 Å². The minimum absolute atomic E-state index is 0.457. The van der Waals surface area contributed by atoms with Crippen LogP contribution in [0.1, 0.15) is 36.9 Å². The van der Waals surface area contributed by atoms with Crippen molar-refractivity contribution >= 4 is 5.82 Å². The van der Waals surface area contributed by atoms with E-state index >= 15 is 0 Å².